The van der Waals surface area contributed by atoms with Gasteiger partial charge in [0.25, 0.3) is 0 Å². The fourth-order valence-corrected chi connectivity index (χ4v) is 2.91. The molecular weight excluding hydrogens is 236 g/mol. The molecule has 0 amide bonds. The zero-order valence-electron chi connectivity index (χ0n) is 10.8. The van der Waals surface area contributed by atoms with Crippen LogP contribution in [0.3, 0.4) is 0 Å². The standard InChI is InChI=1S/C13H21ClN2O/c1-13(2,3)11-10(8-17)12(14)16(15-11)9-6-4-5-7-9/h9,17H,4-8H2,1-3H3. The van der Waals surface area contributed by atoms with Crippen LogP contribution in [0.5, 0.6) is 0 Å². The average molecular weight is 257 g/mol. The zero-order valence-corrected chi connectivity index (χ0v) is 11.6. The Morgan fingerprint density at radius 2 is 1.94 bits per heavy atom. The van der Waals surface area contributed by atoms with Crippen LogP contribution in [0.25, 0.3) is 0 Å². The Kier molecular flexibility index (Phi) is 3.50. The second kappa shape index (κ2) is 4.62. The van der Waals surface area contributed by atoms with E-state index in [9.17, 15) is 5.11 Å². The average Bonchev–Trinajstić information content (AvgIpc) is 2.82. The van der Waals surface area contributed by atoms with E-state index in [0.29, 0.717) is 11.2 Å². The first-order chi connectivity index (χ1) is 7.95. The summed E-state index contributed by atoms with van der Waals surface area (Å²) in [6.07, 6.45) is 4.80. The minimum atomic E-state index is -0.0778. The molecule has 1 aliphatic rings. The molecule has 96 valence electrons. The highest BCUT2D eigenvalue weighted by molar-refractivity contribution is 6.30. The summed E-state index contributed by atoms with van der Waals surface area (Å²) in [5.74, 6) is 0. The molecule has 0 unspecified atom stereocenters. The molecule has 17 heavy (non-hydrogen) atoms. The SMILES string of the molecule is CC(C)(C)c1nn(C2CCCC2)c(Cl)c1CO. The molecule has 1 saturated carbocycles. The highest BCUT2D eigenvalue weighted by Gasteiger charge is 2.29. The molecule has 1 heterocycles. The fraction of sp³-hybridized carbons (Fsp3) is 0.769. The molecular formula is C13H21ClN2O. The van der Waals surface area contributed by atoms with E-state index in [1.54, 1.807) is 0 Å². The van der Waals surface area contributed by atoms with Crippen LogP contribution in [0, 0.1) is 0 Å². The van der Waals surface area contributed by atoms with E-state index < -0.39 is 0 Å². The van der Waals surface area contributed by atoms with Crippen LogP contribution in [0.4, 0.5) is 0 Å². The summed E-state index contributed by atoms with van der Waals surface area (Å²) in [5.41, 5.74) is 1.65. The number of aliphatic hydroxyl groups is 1. The molecule has 0 bridgehead atoms. The number of rotatable bonds is 2. The molecule has 1 aliphatic carbocycles. The Morgan fingerprint density at radius 1 is 1.35 bits per heavy atom. The molecule has 2 rings (SSSR count). The number of hydrogen-bond acceptors (Lipinski definition) is 2. The van der Waals surface area contributed by atoms with Crippen molar-refractivity contribution in [3.63, 3.8) is 0 Å². The second-order valence-corrected chi connectivity index (χ2v) is 6.27. The molecule has 0 spiro atoms. The van der Waals surface area contributed by atoms with Crippen LogP contribution in [0.2, 0.25) is 5.15 Å². The zero-order chi connectivity index (χ0) is 12.6. The van der Waals surface area contributed by atoms with Crippen LogP contribution >= 0.6 is 11.6 Å². The van der Waals surface area contributed by atoms with Crippen molar-refractivity contribution in [2.45, 2.75) is 64.5 Å². The predicted octanol–water partition coefficient (Wildman–Crippen LogP) is 3.44. The summed E-state index contributed by atoms with van der Waals surface area (Å²) in [4.78, 5) is 0. The summed E-state index contributed by atoms with van der Waals surface area (Å²) in [7, 11) is 0. The van der Waals surface area contributed by atoms with Crippen molar-refractivity contribution >= 4 is 11.6 Å². The number of nitrogens with zero attached hydrogens (tertiary/aromatic N) is 2. The van der Waals surface area contributed by atoms with Crippen molar-refractivity contribution < 1.29 is 5.11 Å². The largest absolute Gasteiger partial charge is 0.391 e. The van der Waals surface area contributed by atoms with Crippen molar-refractivity contribution in [1.29, 1.82) is 0 Å². The van der Waals surface area contributed by atoms with Gasteiger partial charge in [0.2, 0.25) is 0 Å². The molecule has 1 fully saturated rings. The first-order valence-corrected chi connectivity index (χ1v) is 6.71. The van der Waals surface area contributed by atoms with E-state index in [0.717, 1.165) is 24.1 Å². The summed E-state index contributed by atoms with van der Waals surface area (Å²) >= 11 is 6.36. The van der Waals surface area contributed by atoms with Crippen molar-refractivity contribution in [1.82, 2.24) is 9.78 Å². The van der Waals surface area contributed by atoms with Crippen LogP contribution in [0.1, 0.15) is 63.8 Å². The van der Waals surface area contributed by atoms with Crippen LogP contribution in [-0.2, 0) is 12.0 Å². The van der Waals surface area contributed by atoms with E-state index in [4.69, 9.17) is 11.6 Å². The van der Waals surface area contributed by atoms with Gasteiger partial charge >= 0.3 is 0 Å². The lowest BCUT2D eigenvalue weighted by atomic mass is 9.90. The Morgan fingerprint density at radius 3 is 2.35 bits per heavy atom. The van der Waals surface area contributed by atoms with Crippen molar-refractivity contribution in [2.24, 2.45) is 0 Å². The summed E-state index contributed by atoms with van der Waals surface area (Å²) in [6, 6.07) is 0.420. The van der Waals surface area contributed by atoms with Crippen LogP contribution < -0.4 is 0 Å². The van der Waals surface area contributed by atoms with Gasteiger partial charge in [0.15, 0.2) is 0 Å². The van der Waals surface area contributed by atoms with E-state index in [-0.39, 0.29) is 12.0 Å². The lowest BCUT2D eigenvalue weighted by Crippen LogP contribution is -2.15. The van der Waals surface area contributed by atoms with E-state index >= 15 is 0 Å². The first kappa shape index (κ1) is 12.9. The first-order valence-electron chi connectivity index (χ1n) is 6.33. The Labute approximate surface area is 108 Å². The van der Waals surface area contributed by atoms with Crippen molar-refractivity contribution in [2.75, 3.05) is 0 Å². The smallest absolute Gasteiger partial charge is 0.133 e. The highest BCUT2D eigenvalue weighted by Crippen LogP contribution is 2.36. The normalized spacial score (nSPS) is 17.9. The molecule has 3 nitrogen and oxygen atoms in total. The van der Waals surface area contributed by atoms with E-state index in [1.165, 1.54) is 12.8 Å². The lowest BCUT2D eigenvalue weighted by molar-refractivity contribution is 0.278. The van der Waals surface area contributed by atoms with Gasteiger partial charge in [0.05, 0.1) is 18.3 Å². The van der Waals surface area contributed by atoms with E-state index in [2.05, 4.69) is 25.9 Å². The van der Waals surface area contributed by atoms with Gasteiger partial charge in [-0.1, -0.05) is 45.2 Å². The molecule has 4 heteroatoms. The third-order valence-corrected chi connectivity index (χ3v) is 3.88. The Balaban J connectivity index is 2.44. The minimum absolute atomic E-state index is 0.0296. The number of halogens is 1. The van der Waals surface area contributed by atoms with Gasteiger partial charge < -0.3 is 5.11 Å². The quantitative estimate of drug-likeness (QED) is 0.880. The summed E-state index contributed by atoms with van der Waals surface area (Å²) in [5, 5.41) is 14.8. The molecule has 0 atom stereocenters. The van der Waals surface area contributed by atoms with Crippen molar-refractivity contribution in [3.8, 4) is 0 Å². The monoisotopic (exact) mass is 256 g/mol. The van der Waals surface area contributed by atoms with Gasteiger partial charge in [0, 0.05) is 11.0 Å². The van der Waals surface area contributed by atoms with E-state index in [1.807, 2.05) is 4.68 Å². The number of aromatic nitrogens is 2. The third kappa shape index (κ3) is 2.36. The molecule has 0 aromatic carbocycles. The molecule has 1 aromatic rings. The lowest BCUT2D eigenvalue weighted by Gasteiger charge is -2.17. The maximum absolute atomic E-state index is 9.48. The van der Waals surface area contributed by atoms with Gasteiger partial charge in [-0.3, -0.25) is 4.68 Å². The maximum Gasteiger partial charge on any atom is 0.133 e. The van der Waals surface area contributed by atoms with Crippen molar-refractivity contribution in [3.05, 3.63) is 16.4 Å². The Bertz CT molecular complexity index is 400. The van der Waals surface area contributed by atoms with Gasteiger partial charge in [-0.2, -0.15) is 5.10 Å². The Hall–Kier alpha value is -0.540. The molecule has 0 aliphatic heterocycles. The van der Waals surface area contributed by atoms with Crippen LogP contribution in [-0.4, -0.2) is 14.9 Å². The van der Waals surface area contributed by atoms with Gasteiger partial charge in [-0.15, -0.1) is 0 Å². The molecule has 0 radical (unpaired) electrons. The number of aliphatic hydroxyl groups excluding tert-OH is 1. The maximum atomic E-state index is 9.48. The molecule has 1 aromatic heterocycles. The topological polar surface area (TPSA) is 38.0 Å². The van der Waals surface area contributed by atoms with Crippen LogP contribution in [0.15, 0.2) is 0 Å². The minimum Gasteiger partial charge on any atom is -0.391 e. The van der Waals surface area contributed by atoms with Gasteiger partial charge in [-0.25, -0.2) is 0 Å². The molecule has 1 N–H and O–H groups in total. The predicted molar refractivity (Wildman–Crippen MR) is 69.4 cm³/mol. The third-order valence-electron chi connectivity index (χ3n) is 3.48. The summed E-state index contributed by atoms with van der Waals surface area (Å²) < 4.78 is 1.93. The second-order valence-electron chi connectivity index (χ2n) is 5.91. The number of hydrogen-bond donors (Lipinski definition) is 1. The fourth-order valence-electron chi connectivity index (χ4n) is 2.58. The van der Waals surface area contributed by atoms with Gasteiger partial charge in [-0.05, 0) is 12.8 Å². The van der Waals surface area contributed by atoms with Gasteiger partial charge in [0.1, 0.15) is 5.15 Å². The molecule has 0 saturated heterocycles. The summed E-state index contributed by atoms with van der Waals surface area (Å²) in [6.45, 7) is 6.27. The highest BCUT2D eigenvalue weighted by atomic mass is 35.5.